The minimum Gasteiger partial charge on any atom is -0.493 e. The van der Waals surface area contributed by atoms with Crippen molar-refractivity contribution in [2.24, 2.45) is 5.92 Å². The molecule has 1 aromatic rings. The average Bonchev–Trinajstić information content (AvgIpc) is 2.25. The summed E-state index contributed by atoms with van der Waals surface area (Å²) in [6.45, 7) is 10.7. The molecule has 1 aromatic carbocycles. The van der Waals surface area contributed by atoms with Gasteiger partial charge in [0.25, 0.3) is 0 Å². The van der Waals surface area contributed by atoms with E-state index in [1.807, 2.05) is 45.0 Å². The highest BCUT2D eigenvalue weighted by atomic mass is 16.5. The van der Waals surface area contributed by atoms with E-state index in [1.165, 1.54) is 0 Å². The highest BCUT2D eigenvalue weighted by molar-refractivity contribution is 5.89. The summed E-state index contributed by atoms with van der Waals surface area (Å²) in [4.78, 5) is 11.7. The zero-order valence-corrected chi connectivity index (χ0v) is 12.4. The third kappa shape index (κ3) is 6.70. The van der Waals surface area contributed by atoms with Crippen molar-refractivity contribution in [3.8, 4) is 5.75 Å². The van der Waals surface area contributed by atoms with Crippen molar-refractivity contribution in [3.05, 3.63) is 24.3 Å². The van der Waals surface area contributed by atoms with Crippen LogP contribution < -0.4 is 15.4 Å². The van der Waals surface area contributed by atoms with Gasteiger partial charge in [-0.3, -0.25) is 0 Å². The monoisotopic (exact) mass is 264 g/mol. The number of carbonyl (C=O) groups is 1. The van der Waals surface area contributed by atoms with Gasteiger partial charge in [0.1, 0.15) is 5.75 Å². The quantitative estimate of drug-likeness (QED) is 0.872. The summed E-state index contributed by atoms with van der Waals surface area (Å²) < 4.78 is 5.58. The third-order valence-electron chi connectivity index (χ3n) is 2.18. The van der Waals surface area contributed by atoms with Crippen LogP contribution in [0, 0.1) is 5.92 Å². The normalized spacial score (nSPS) is 11.3. The Bertz CT molecular complexity index is 405. The first-order valence-electron chi connectivity index (χ1n) is 6.58. The standard InChI is InChI=1S/C15H24N2O2/c1-11(2)10-19-13-8-6-12(7-9-13)16-14(18)17-15(3,4)5/h6-9,11H,10H2,1-5H3,(H2,16,17,18). The van der Waals surface area contributed by atoms with E-state index < -0.39 is 0 Å². The Balaban J connectivity index is 2.50. The lowest BCUT2D eigenvalue weighted by molar-refractivity contribution is 0.244. The maximum atomic E-state index is 11.7. The zero-order valence-electron chi connectivity index (χ0n) is 12.4. The molecule has 0 aromatic heterocycles. The van der Waals surface area contributed by atoms with Gasteiger partial charge in [-0.25, -0.2) is 4.79 Å². The van der Waals surface area contributed by atoms with E-state index in [4.69, 9.17) is 4.74 Å². The molecule has 19 heavy (non-hydrogen) atoms. The summed E-state index contributed by atoms with van der Waals surface area (Å²) in [5.41, 5.74) is 0.503. The van der Waals surface area contributed by atoms with Crippen LogP contribution in [0.25, 0.3) is 0 Å². The molecule has 2 N–H and O–H groups in total. The number of ether oxygens (including phenoxy) is 1. The number of anilines is 1. The van der Waals surface area contributed by atoms with E-state index in [9.17, 15) is 4.79 Å². The lowest BCUT2D eigenvalue weighted by Crippen LogP contribution is -2.43. The number of carbonyl (C=O) groups excluding carboxylic acids is 1. The fourth-order valence-corrected chi connectivity index (χ4v) is 1.40. The Kier molecular flexibility index (Phi) is 5.21. The van der Waals surface area contributed by atoms with E-state index in [1.54, 1.807) is 0 Å². The number of hydrogen-bond acceptors (Lipinski definition) is 2. The molecule has 0 unspecified atom stereocenters. The highest BCUT2D eigenvalue weighted by Gasteiger charge is 2.13. The lowest BCUT2D eigenvalue weighted by Gasteiger charge is -2.20. The van der Waals surface area contributed by atoms with Gasteiger partial charge in [-0.15, -0.1) is 0 Å². The topological polar surface area (TPSA) is 50.4 Å². The van der Waals surface area contributed by atoms with Gasteiger partial charge in [-0.2, -0.15) is 0 Å². The molecule has 0 atom stereocenters. The maximum Gasteiger partial charge on any atom is 0.319 e. The largest absolute Gasteiger partial charge is 0.493 e. The summed E-state index contributed by atoms with van der Waals surface area (Å²) in [5, 5.41) is 5.63. The minimum absolute atomic E-state index is 0.205. The van der Waals surface area contributed by atoms with Gasteiger partial charge < -0.3 is 15.4 Å². The van der Waals surface area contributed by atoms with E-state index in [0.29, 0.717) is 12.5 Å². The van der Waals surface area contributed by atoms with Gasteiger partial charge in [-0.1, -0.05) is 13.8 Å². The average molecular weight is 264 g/mol. The second-order valence-electron chi connectivity index (χ2n) is 6.06. The van der Waals surface area contributed by atoms with E-state index in [-0.39, 0.29) is 11.6 Å². The van der Waals surface area contributed by atoms with Gasteiger partial charge in [0.05, 0.1) is 6.61 Å². The number of benzene rings is 1. The van der Waals surface area contributed by atoms with Gasteiger partial charge >= 0.3 is 6.03 Å². The second-order valence-corrected chi connectivity index (χ2v) is 6.06. The van der Waals surface area contributed by atoms with Crippen LogP contribution in [0.4, 0.5) is 10.5 Å². The van der Waals surface area contributed by atoms with Crippen molar-refractivity contribution in [2.45, 2.75) is 40.2 Å². The Morgan fingerprint density at radius 1 is 1.21 bits per heavy atom. The Labute approximate surface area is 115 Å². The molecule has 1 rings (SSSR count). The van der Waals surface area contributed by atoms with Crippen molar-refractivity contribution < 1.29 is 9.53 Å². The molecule has 0 fully saturated rings. The van der Waals surface area contributed by atoms with Crippen LogP contribution in [0.3, 0.4) is 0 Å². The van der Waals surface area contributed by atoms with E-state index in [2.05, 4.69) is 24.5 Å². The fourth-order valence-electron chi connectivity index (χ4n) is 1.40. The van der Waals surface area contributed by atoms with Crippen molar-refractivity contribution in [2.75, 3.05) is 11.9 Å². The molecule has 0 aliphatic rings. The van der Waals surface area contributed by atoms with Crippen LogP contribution in [-0.4, -0.2) is 18.2 Å². The van der Waals surface area contributed by atoms with Crippen molar-refractivity contribution in [1.29, 1.82) is 0 Å². The molecule has 0 aliphatic heterocycles. The summed E-state index contributed by atoms with van der Waals surface area (Å²) in [6.07, 6.45) is 0. The zero-order chi connectivity index (χ0) is 14.5. The van der Waals surface area contributed by atoms with Crippen molar-refractivity contribution in [3.63, 3.8) is 0 Å². The predicted molar refractivity (Wildman–Crippen MR) is 78.7 cm³/mol. The molecule has 0 saturated carbocycles. The van der Waals surface area contributed by atoms with Crippen LogP contribution in [0.2, 0.25) is 0 Å². The number of rotatable bonds is 4. The summed E-state index contributed by atoms with van der Waals surface area (Å²) in [7, 11) is 0. The number of nitrogens with one attached hydrogen (secondary N) is 2. The molecule has 0 radical (unpaired) electrons. The van der Waals surface area contributed by atoms with Gasteiger partial charge in [0.15, 0.2) is 0 Å². The SMILES string of the molecule is CC(C)COc1ccc(NC(=O)NC(C)(C)C)cc1. The Hall–Kier alpha value is -1.71. The predicted octanol–water partition coefficient (Wildman–Crippen LogP) is 3.64. The highest BCUT2D eigenvalue weighted by Crippen LogP contribution is 2.16. The molecule has 106 valence electrons. The molecule has 0 bridgehead atoms. The molecular weight excluding hydrogens is 240 g/mol. The second kappa shape index (κ2) is 6.45. The molecule has 0 spiro atoms. The Morgan fingerprint density at radius 2 is 1.79 bits per heavy atom. The summed E-state index contributed by atoms with van der Waals surface area (Å²) >= 11 is 0. The molecule has 0 aliphatic carbocycles. The molecule has 2 amide bonds. The first-order chi connectivity index (χ1) is 8.76. The molecule has 0 saturated heterocycles. The smallest absolute Gasteiger partial charge is 0.319 e. The van der Waals surface area contributed by atoms with E-state index >= 15 is 0 Å². The molecule has 0 heterocycles. The first-order valence-corrected chi connectivity index (χ1v) is 6.58. The van der Waals surface area contributed by atoms with Gasteiger partial charge in [0.2, 0.25) is 0 Å². The van der Waals surface area contributed by atoms with E-state index in [0.717, 1.165) is 11.4 Å². The molecule has 4 nitrogen and oxygen atoms in total. The van der Waals surface area contributed by atoms with Gasteiger partial charge in [0, 0.05) is 11.2 Å². The minimum atomic E-state index is -0.246. The summed E-state index contributed by atoms with van der Waals surface area (Å²) in [6, 6.07) is 7.17. The Morgan fingerprint density at radius 3 is 2.26 bits per heavy atom. The van der Waals surface area contributed by atoms with Crippen LogP contribution in [-0.2, 0) is 0 Å². The van der Waals surface area contributed by atoms with Gasteiger partial charge in [-0.05, 0) is 51.0 Å². The lowest BCUT2D eigenvalue weighted by atomic mass is 10.1. The summed E-state index contributed by atoms with van der Waals surface area (Å²) in [5.74, 6) is 1.31. The van der Waals surface area contributed by atoms with Crippen molar-refractivity contribution >= 4 is 11.7 Å². The molecule has 4 heteroatoms. The number of urea groups is 1. The fraction of sp³-hybridized carbons (Fsp3) is 0.533. The number of hydrogen-bond donors (Lipinski definition) is 2. The van der Waals surface area contributed by atoms with Crippen LogP contribution in [0.1, 0.15) is 34.6 Å². The van der Waals surface area contributed by atoms with Crippen molar-refractivity contribution in [1.82, 2.24) is 5.32 Å². The molecular formula is C15H24N2O2. The van der Waals surface area contributed by atoms with Crippen LogP contribution >= 0.6 is 0 Å². The third-order valence-corrected chi connectivity index (χ3v) is 2.18. The van der Waals surface area contributed by atoms with Crippen LogP contribution in [0.5, 0.6) is 5.75 Å². The number of amides is 2. The van der Waals surface area contributed by atoms with Crippen LogP contribution in [0.15, 0.2) is 24.3 Å². The first kappa shape index (κ1) is 15.3. The maximum absolute atomic E-state index is 11.7.